The first-order valence-electron chi connectivity index (χ1n) is 6.70. The highest BCUT2D eigenvalue weighted by molar-refractivity contribution is 5.82. The number of carbonyl (C=O) groups is 1. The normalized spacial score (nSPS) is 19.4. The molecular formula is C15H22N2O2. The van der Waals surface area contributed by atoms with Crippen molar-refractivity contribution in [3.8, 4) is 5.75 Å². The molecule has 4 nitrogen and oxygen atoms in total. The molecule has 2 rings (SSSR count). The second kappa shape index (κ2) is 5.21. The molecule has 0 spiro atoms. The van der Waals surface area contributed by atoms with Crippen LogP contribution in [0.5, 0.6) is 5.75 Å². The van der Waals surface area contributed by atoms with Crippen LogP contribution in [0.2, 0.25) is 0 Å². The Morgan fingerprint density at radius 1 is 1.42 bits per heavy atom. The molecule has 0 aliphatic carbocycles. The van der Waals surface area contributed by atoms with Gasteiger partial charge in [-0.2, -0.15) is 0 Å². The fourth-order valence-corrected chi connectivity index (χ4v) is 2.51. The number of carbonyl (C=O) groups excluding carboxylic acids is 1. The molecule has 19 heavy (non-hydrogen) atoms. The SMILES string of the molecule is CC1(C)CCN(C(=O)[C@H](N)Cc2ccc(O)cc2)C1. The number of hydrogen-bond donors (Lipinski definition) is 2. The molecular weight excluding hydrogens is 240 g/mol. The molecule has 1 aromatic rings. The molecule has 1 aliphatic rings. The summed E-state index contributed by atoms with van der Waals surface area (Å²) in [5, 5.41) is 9.22. The number of amides is 1. The summed E-state index contributed by atoms with van der Waals surface area (Å²) >= 11 is 0. The first kappa shape index (κ1) is 13.9. The van der Waals surface area contributed by atoms with Gasteiger partial charge in [0, 0.05) is 13.1 Å². The smallest absolute Gasteiger partial charge is 0.239 e. The number of benzene rings is 1. The van der Waals surface area contributed by atoms with Crippen molar-refractivity contribution in [3.63, 3.8) is 0 Å². The third-order valence-electron chi connectivity index (χ3n) is 3.70. The molecule has 4 heteroatoms. The highest BCUT2D eigenvalue weighted by Gasteiger charge is 2.33. The molecule has 0 bridgehead atoms. The van der Waals surface area contributed by atoms with Gasteiger partial charge in [-0.25, -0.2) is 0 Å². The lowest BCUT2D eigenvalue weighted by Crippen LogP contribution is -2.44. The van der Waals surface area contributed by atoms with Crippen LogP contribution in [-0.2, 0) is 11.2 Å². The molecule has 0 saturated carbocycles. The Morgan fingerprint density at radius 3 is 2.58 bits per heavy atom. The van der Waals surface area contributed by atoms with Crippen LogP contribution in [0.3, 0.4) is 0 Å². The van der Waals surface area contributed by atoms with Crippen LogP contribution < -0.4 is 5.73 Å². The third-order valence-corrected chi connectivity index (χ3v) is 3.70. The number of phenolic OH excluding ortho intramolecular Hbond substituents is 1. The number of hydrogen-bond acceptors (Lipinski definition) is 3. The van der Waals surface area contributed by atoms with Crippen LogP contribution in [0.4, 0.5) is 0 Å². The molecule has 104 valence electrons. The van der Waals surface area contributed by atoms with Crippen molar-refractivity contribution in [1.82, 2.24) is 4.90 Å². The van der Waals surface area contributed by atoms with Crippen LogP contribution >= 0.6 is 0 Å². The zero-order valence-corrected chi connectivity index (χ0v) is 11.6. The molecule has 1 saturated heterocycles. The van der Waals surface area contributed by atoms with Crippen LogP contribution in [-0.4, -0.2) is 35.0 Å². The summed E-state index contributed by atoms with van der Waals surface area (Å²) in [4.78, 5) is 14.1. The average Bonchev–Trinajstić information content (AvgIpc) is 2.71. The lowest BCUT2D eigenvalue weighted by Gasteiger charge is -2.23. The number of nitrogens with two attached hydrogens (primary N) is 1. The summed E-state index contributed by atoms with van der Waals surface area (Å²) < 4.78 is 0. The molecule has 0 aromatic heterocycles. The van der Waals surface area contributed by atoms with Crippen LogP contribution in [0, 0.1) is 5.41 Å². The summed E-state index contributed by atoms with van der Waals surface area (Å²) in [7, 11) is 0. The number of phenols is 1. The minimum absolute atomic E-state index is 0.0265. The van der Waals surface area contributed by atoms with E-state index in [1.807, 2.05) is 4.90 Å². The van der Waals surface area contributed by atoms with E-state index in [4.69, 9.17) is 5.73 Å². The molecule has 1 fully saturated rings. The first-order valence-corrected chi connectivity index (χ1v) is 6.70. The zero-order chi connectivity index (χ0) is 14.0. The monoisotopic (exact) mass is 262 g/mol. The standard InChI is InChI=1S/C15H22N2O2/c1-15(2)7-8-17(10-15)14(19)13(16)9-11-3-5-12(18)6-4-11/h3-6,13,18H,7-10,16H2,1-2H3/t13-/m1/s1. The number of nitrogens with zero attached hydrogens (tertiary/aromatic N) is 1. The Morgan fingerprint density at radius 2 is 2.05 bits per heavy atom. The highest BCUT2D eigenvalue weighted by Crippen LogP contribution is 2.29. The summed E-state index contributed by atoms with van der Waals surface area (Å²) in [6.07, 6.45) is 1.54. The van der Waals surface area contributed by atoms with Crippen LogP contribution in [0.25, 0.3) is 0 Å². The Bertz CT molecular complexity index is 454. The maximum atomic E-state index is 12.3. The van der Waals surface area contributed by atoms with Gasteiger partial charge in [0.1, 0.15) is 5.75 Å². The largest absolute Gasteiger partial charge is 0.508 e. The van der Waals surface area contributed by atoms with E-state index in [1.54, 1.807) is 24.3 Å². The quantitative estimate of drug-likeness (QED) is 0.868. The number of aromatic hydroxyl groups is 1. The second-order valence-electron chi connectivity index (χ2n) is 6.15. The first-order chi connectivity index (χ1) is 8.87. The van der Waals surface area contributed by atoms with E-state index in [0.717, 1.165) is 25.1 Å². The highest BCUT2D eigenvalue weighted by atomic mass is 16.3. The van der Waals surface area contributed by atoms with Gasteiger partial charge in [0.2, 0.25) is 5.91 Å². The second-order valence-corrected chi connectivity index (χ2v) is 6.15. The minimum atomic E-state index is -0.501. The van der Waals surface area contributed by atoms with Crippen molar-refractivity contribution >= 4 is 5.91 Å². The number of likely N-dealkylation sites (tertiary alicyclic amines) is 1. The van der Waals surface area contributed by atoms with E-state index in [-0.39, 0.29) is 17.1 Å². The Labute approximate surface area is 114 Å². The van der Waals surface area contributed by atoms with Gasteiger partial charge in [0.25, 0.3) is 0 Å². The van der Waals surface area contributed by atoms with Gasteiger partial charge in [-0.1, -0.05) is 26.0 Å². The maximum Gasteiger partial charge on any atom is 0.239 e. The van der Waals surface area contributed by atoms with Crippen molar-refractivity contribution in [1.29, 1.82) is 0 Å². The maximum absolute atomic E-state index is 12.3. The van der Waals surface area contributed by atoms with Gasteiger partial charge < -0.3 is 15.7 Å². The third kappa shape index (κ3) is 3.47. The average molecular weight is 262 g/mol. The topological polar surface area (TPSA) is 66.6 Å². The van der Waals surface area contributed by atoms with Crippen molar-refractivity contribution in [3.05, 3.63) is 29.8 Å². The molecule has 1 aliphatic heterocycles. The lowest BCUT2D eigenvalue weighted by atomic mass is 9.93. The van der Waals surface area contributed by atoms with Gasteiger partial charge in [-0.05, 0) is 36.0 Å². The van der Waals surface area contributed by atoms with Crippen molar-refractivity contribution in [2.75, 3.05) is 13.1 Å². The molecule has 1 heterocycles. The Kier molecular flexibility index (Phi) is 3.80. The van der Waals surface area contributed by atoms with E-state index in [9.17, 15) is 9.90 Å². The van der Waals surface area contributed by atoms with Crippen molar-refractivity contribution < 1.29 is 9.90 Å². The van der Waals surface area contributed by atoms with E-state index in [1.165, 1.54) is 0 Å². The molecule has 0 unspecified atom stereocenters. The molecule has 0 radical (unpaired) electrons. The molecule has 1 aromatic carbocycles. The fourth-order valence-electron chi connectivity index (χ4n) is 2.51. The van der Waals surface area contributed by atoms with E-state index in [0.29, 0.717) is 6.42 Å². The zero-order valence-electron chi connectivity index (χ0n) is 11.6. The number of rotatable bonds is 3. The van der Waals surface area contributed by atoms with E-state index >= 15 is 0 Å². The van der Waals surface area contributed by atoms with Gasteiger partial charge in [0.05, 0.1) is 6.04 Å². The summed E-state index contributed by atoms with van der Waals surface area (Å²) in [6.45, 7) is 5.93. The molecule has 3 N–H and O–H groups in total. The summed E-state index contributed by atoms with van der Waals surface area (Å²) in [5.41, 5.74) is 7.17. The fraction of sp³-hybridized carbons (Fsp3) is 0.533. The molecule has 1 amide bonds. The van der Waals surface area contributed by atoms with E-state index in [2.05, 4.69) is 13.8 Å². The predicted octanol–water partition coefficient (Wildman–Crippen LogP) is 1.52. The minimum Gasteiger partial charge on any atom is -0.508 e. The van der Waals surface area contributed by atoms with Crippen LogP contribution in [0.15, 0.2) is 24.3 Å². The van der Waals surface area contributed by atoms with E-state index < -0.39 is 6.04 Å². The lowest BCUT2D eigenvalue weighted by molar-refractivity contribution is -0.131. The van der Waals surface area contributed by atoms with Crippen LogP contribution in [0.1, 0.15) is 25.8 Å². The molecule has 1 atom stereocenters. The Balaban J connectivity index is 1.94. The van der Waals surface area contributed by atoms with Crippen molar-refractivity contribution in [2.24, 2.45) is 11.1 Å². The van der Waals surface area contributed by atoms with Gasteiger partial charge in [-0.3, -0.25) is 4.79 Å². The Hall–Kier alpha value is -1.55. The summed E-state index contributed by atoms with van der Waals surface area (Å²) in [5.74, 6) is 0.253. The van der Waals surface area contributed by atoms with Gasteiger partial charge in [0.15, 0.2) is 0 Å². The van der Waals surface area contributed by atoms with Crippen molar-refractivity contribution in [2.45, 2.75) is 32.7 Å². The summed E-state index contributed by atoms with van der Waals surface area (Å²) in [6, 6.07) is 6.34. The van der Waals surface area contributed by atoms with Gasteiger partial charge >= 0.3 is 0 Å². The predicted molar refractivity (Wildman–Crippen MR) is 74.8 cm³/mol. The van der Waals surface area contributed by atoms with Gasteiger partial charge in [-0.15, -0.1) is 0 Å².